The summed E-state index contributed by atoms with van der Waals surface area (Å²) in [7, 11) is 0. The van der Waals surface area contributed by atoms with E-state index >= 15 is 0 Å². The molecule has 256 valence electrons. The van der Waals surface area contributed by atoms with Gasteiger partial charge in [-0.05, 0) is 56.3 Å². The van der Waals surface area contributed by atoms with Crippen LogP contribution in [0.5, 0.6) is 5.75 Å². The Morgan fingerprint density at radius 1 is 0.894 bits per heavy atom. The highest BCUT2D eigenvalue weighted by Crippen LogP contribution is 2.19. The predicted molar refractivity (Wildman–Crippen MR) is 168 cm³/mol. The predicted octanol–water partition coefficient (Wildman–Crippen LogP) is -1.63. The SMILES string of the molecule is C#C[C@H]1CN2CCC[C@H]2C(=O)N[C@@H](Cc2ccc(O)cc2)C(=O)N[C@@H](CC(C)C)C(=O)N[C@@H](CC(=O)O)C(=O)N[C@@H]([C@@H](C)O)C(=O)N1. The number of benzene rings is 1. The lowest BCUT2D eigenvalue weighted by molar-refractivity contribution is -0.142. The van der Waals surface area contributed by atoms with E-state index in [0.29, 0.717) is 24.9 Å². The molecule has 2 aliphatic rings. The van der Waals surface area contributed by atoms with E-state index in [1.807, 2.05) is 0 Å². The molecule has 2 saturated heterocycles. The van der Waals surface area contributed by atoms with Gasteiger partial charge in [0.25, 0.3) is 0 Å². The number of carboxylic acids is 1. The number of hydrogen-bond acceptors (Lipinski definition) is 9. The summed E-state index contributed by atoms with van der Waals surface area (Å²) in [6, 6.07) is -1.22. The van der Waals surface area contributed by atoms with E-state index < -0.39 is 84.3 Å². The van der Waals surface area contributed by atoms with Crippen molar-refractivity contribution >= 4 is 35.5 Å². The quantitative estimate of drug-likeness (QED) is 0.156. The van der Waals surface area contributed by atoms with E-state index in [-0.39, 0.29) is 31.1 Å². The highest BCUT2D eigenvalue weighted by molar-refractivity contribution is 5.97. The van der Waals surface area contributed by atoms with Gasteiger partial charge < -0.3 is 41.9 Å². The van der Waals surface area contributed by atoms with Gasteiger partial charge in [0.2, 0.25) is 29.5 Å². The smallest absolute Gasteiger partial charge is 0.305 e. The number of phenolic OH excluding ortho intramolecular Hbond substituents is 1. The molecule has 8 N–H and O–H groups in total. The molecule has 0 spiro atoms. The molecule has 2 heterocycles. The molecule has 0 aromatic heterocycles. The van der Waals surface area contributed by atoms with E-state index in [2.05, 4.69) is 32.5 Å². The Balaban J connectivity index is 2.04. The second kappa shape index (κ2) is 16.8. The van der Waals surface area contributed by atoms with Crippen molar-refractivity contribution in [1.29, 1.82) is 0 Å². The first-order valence-electron chi connectivity index (χ1n) is 15.6. The van der Waals surface area contributed by atoms with Crippen LogP contribution in [-0.4, -0.2) is 111 Å². The number of nitrogens with zero attached hydrogens (tertiary/aromatic N) is 1. The van der Waals surface area contributed by atoms with E-state index in [9.17, 15) is 44.1 Å². The Bertz CT molecular complexity index is 1360. The van der Waals surface area contributed by atoms with Crippen LogP contribution in [0, 0.1) is 18.3 Å². The summed E-state index contributed by atoms with van der Waals surface area (Å²) in [4.78, 5) is 80.9. The van der Waals surface area contributed by atoms with Crippen molar-refractivity contribution in [3.8, 4) is 18.1 Å². The van der Waals surface area contributed by atoms with Crippen molar-refractivity contribution in [3.05, 3.63) is 29.8 Å². The highest BCUT2D eigenvalue weighted by Gasteiger charge is 2.38. The number of fused-ring (bicyclic) bond motifs is 1. The van der Waals surface area contributed by atoms with E-state index in [1.54, 1.807) is 30.9 Å². The molecular formula is C32H44N6O9. The summed E-state index contributed by atoms with van der Waals surface area (Å²) in [5.41, 5.74) is 0.611. The zero-order chi connectivity index (χ0) is 34.8. The number of amides is 5. The van der Waals surface area contributed by atoms with Crippen LogP contribution in [0.15, 0.2) is 24.3 Å². The van der Waals surface area contributed by atoms with Crippen LogP contribution in [0.2, 0.25) is 0 Å². The van der Waals surface area contributed by atoms with Crippen molar-refractivity contribution in [2.45, 2.75) is 95.2 Å². The van der Waals surface area contributed by atoms with Gasteiger partial charge in [0.05, 0.1) is 18.6 Å². The van der Waals surface area contributed by atoms with Crippen molar-refractivity contribution in [3.63, 3.8) is 0 Å². The second-order valence-corrected chi connectivity index (χ2v) is 12.4. The minimum Gasteiger partial charge on any atom is -0.508 e. The molecule has 15 heteroatoms. The zero-order valence-electron chi connectivity index (χ0n) is 26.7. The van der Waals surface area contributed by atoms with Gasteiger partial charge >= 0.3 is 5.97 Å². The third-order valence-electron chi connectivity index (χ3n) is 8.02. The maximum absolute atomic E-state index is 13.8. The topological polar surface area (TPSA) is 226 Å². The number of hydrogen-bond donors (Lipinski definition) is 8. The Kier molecular flexibility index (Phi) is 13.1. The van der Waals surface area contributed by atoms with Gasteiger partial charge in [-0.25, -0.2) is 0 Å². The minimum atomic E-state index is -1.68. The molecule has 0 aliphatic carbocycles. The van der Waals surface area contributed by atoms with Gasteiger partial charge in [0.15, 0.2) is 0 Å². The molecule has 0 bridgehead atoms. The Morgan fingerprint density at radius 3 is 2.09 bits per heavy atom. The van der Waals surface area contributed by atoms with Crippen molar-refractivity contribution in [2.75, 3.05) is 13.1 Å². The van der Waals surface area contributed by atoms with Crippen molar-refractivity contribution < 1.29 is 44.1 Å². The molecule has 47 heavy (non-hydrogen) atoms. The molecule has 1 aromatic carbocycles. The lowest BCUT2D eigenvalue weighted by atomic mass is 10.00. The lowest BCUT2D eigenvalue weighted by Gasteiger charge is -2.31. The number of aliphatic hydroxyl groups is 1. The van der Waals surface area contributed by atoms with Gasteiger partial charge in [0, 0.05) is 13.0 Å². The highest BCUT2D eigenvalue weighted by atomic mass is 16.4. The maximum atomic E-state index is 13.8. The molecule has 15 nitrogen and oxygen atoms in total. The number of rotatable bonds is 7. The number of terminal acetylenes is 1. The fraction of sp³-hybridized carbons (Fsp3) is 0.562. The number of phenols is 1. The largest absolute Gasteiger partial charge is 0.508 e. The van der Waals surface area contributed by atoms with Crippen LogP contribution in [0.25, 0.3) is 0 Å². The van der Waals surface area contributed by atoms with Crippen LogP contribution in [0.3, 0.4) is 0 Å². The van der Waals surface area contributed by atoms with Crippen LogP contribution < -0.4 is 26.6 Å². The number of carbonyl (C=O) groups excluding carboxylic acids is 5. The molecule has 2 fully saturated rings. The van der Waals surface area contributed by atoms with Crippen LogP contribution >= 0.6 is 0 Å². The number of aromatic hydroxyl groups is 1. The fourth-order valence-electron chi connectivity index (χ4n) is 5.61. The van der Waals surface area contributed by atoms with E-state index in [1.165, 1.54) is 19.1 Å². The molecule has 0 saturated carbocycles. The molecule has 2 aliphatic heterocycles. The van der Waals surface area contributed by atoms with Gasteiger partial charge in [-0.1, -0.05) is 31.9 Å². The first-order valence-corrected chi connectivity index (χ1v) is 15.6. The van der Waals surface area contributed by atoms with Crippen LogP contribution in [-0.2, 0) is 35.2 Å². The molecular weight excluding hydrogens is 612 g/mol. The normalized spacial score (nSPS) is 27.5. The first-order chi connectivity index (χ1) is 22.2. The number of aliphatic hydroxyl groups excluding tert-OH is 1. The van der Waals surface area contributed by atoms with Gasteiger partial charge in [-0.15, -0.1) is 6.42 Å². The summed E-state index contributed by atoms with van der Waals surface area (Å²) >= 11 is 0. The number of aliphatic carboxylic acids is 1. The third-order valence-corrected chi connectivity index (χ3v) is 8.02. The fourth-order valence-corrected chi connectivity index (χ4v) is 5.61. The van der Waals surface area contributed by atoms with E-state index in [0.717, 1.165) is 0 Å². The average Bonchev–Trinajstić information content (AvgIpc) is 3.46. The lowest BCUT2D eigenvalue weighted by Crippen LogP contribution is -2.62. The van der Waals surface area contributed by atoms with Gasteiger partial charge in [-0.2, -0.15) is 0 Å². The molecule has 0 unspecified atom stereocenters. The summed E-state index contributed by atoms with van der Waals surface area (Å²) in [5.74, 6) is -3.04. The standard InChI is InChI=1S/C32H44N6O9/c1-5-20-16-38-12-6-7-25(38)31(46)36-23(14-19-8-10-21(40)11-9-19)29(44)34-22(13-17(2)3)28(43)35-24(15-26(41)42)30(45)37-27(18(4)39)32(47)33-20/h1,8-11,17-18,20,22-25,27,39-40H,6-7,12-16H2,2-4H3,(H,33,47)(H,34,44)(H,35,43)(H,36,46)(H,37,45)(H,41,42)/t18-,20+,22+,23+,24+,25+,27+/m1/s1. The minimum absolute atomic E-state index is 0.00834. The Hall–Kier alpha value is -4.68. The monoisotopic (exact) mass is 656 g/mol. The number of nitrogens with one attached hydrogen (secondary N) is 5. The molecule has 1 aromatic rings. The zero-order valence-corrected chi connectivity index (χ0v) is 26.7. The summed E-state index contributed by atoms with van der Waals surface area (Å²) in [6.07, 6.45) is 4.58. The summed E-state index contributed by atoms with van der Waals surface area (Å²) < 4.78 is 0. The number of carbonyl (C=O) groups is 6. The molecule has 5 amide bonds. The first kappa shape index (κ1) is 36.8. The maximum Gasteiger partial charge on any atom is 0.305 e. The van der Waals surface area contributed by atoms with Gasteiger partial charge in [0.1, 0.15) is 36.0 Å². The molecule has 3 rings (SSSR count). The van der Waals surface area contributed by atoms with Gasteiger partial charge in [-0.3, -0.25) is 33.7 Å². The van der Waals surface area contributed by atoms with Crippen molar-refractivity contribution in [2.24, 2.45) is 5.92 Å². The third kappa shape index (κ3) is 10.7. The Morgan fingerprint density at radius 2 is 1.49 bits per heavy atom. The van der Waals surface area contributed by atoms with E-state index in [4.69, 9.17) is 6.42 Å². The van der Waals surface area contributed by atoms with Crippen LogP contribution in [0.1, 0.15) is 52.0 Å². The van der Waals surface area contributed by atoms with Crippen LogP contribution in [0.4, 0.5) is 0 Å². The molecule has 7 atom stereocenters. The average molecular weight is 657 g/mol. The second-order valence-electron chi connectivity index (χ2n) is 12.4. The summed E-state index contributed by atoms with van der Waals surface area (Å²) in [5, 5.41) is 42.3. The Labute approximate surface area is 273 Å². The van der Waals surface area contributed by atoms with Crippen molar-refractivity contribution in [1.82, 2.24) is 31.5 Å². The summed E-state index contributed by atoms with van der Waals surface area (Å²) in [6.45, 7) is 5.35. The number of carboxylic acid groups (broad SMARTS) is 1. The molecule has 0 radical (unpaired) electrons.